The summed E-state index contributed by atoms with van der Waals surface area (Å²) >= 11 is 0. The smallest absolute Gasteiger partial charge is 0.287 e. The largest absolute Gasteiger partial charge is 0.459 e. The van der Waals surface area contributed by atoms with Crippen LogP contribution in [0.5, 0.6) is 0 Å². The zero-order chi connectivity index (χ0) is 11.8. The minimum atomic E-state index is -0.0785. The maximum atomic E-state index is 11.9. The van der Waals surface area contributed by atoms with Gasteiger partial charge >= 0.3 is 0 Å². The van der Waals surface area contributed by atoms with Gasteiger partial charge in [-0.2, -0.15) is 0 Å². The van der Waals surface area contributed by atoms with Crippen molar-refractivity contribution in [3.8, 4) is 0 Å². The lowest BCUT2D eigenvalue weighted by atomic mass is 9.84. The Hall–Kier alpha value is -1.25. The average Bonchev–Trinajstić information content (AvgIpc) is 3.05. The molecule has 0 spiro atoms. The van der Waals surface area contributed by atoms with E-state index in [9.17, 15) is 4.79 Å². The highest BCUT2D eigenvalue weighted by atomic mass is 16.3. The molecular formula is C14H19NO2. The van der Waals surface area contributed by atoms with E-state index < -0.39 is 0 Å². The molecule has 1 aromatic rings. The summed E-state index contributed by atoms with van der Waals surface area (Å²) in [6, 6.07) is 3.72. The number of carbonyl (C=O) groups is 1. The van der Waals surface area contributed by atoms with Crippen LogP contribution in [0.2, 0.25) is 0 Å². The van der Waals surface area contributed by atoms with Gasteiger partial charge in [-0.25, -0.2) is 0 Å². The van der Waals surface area contributed by atoms with E-state index >= 15 is 0 Å². The number of amides is 1. The second kappa shape index (κ2) is 4.21. The van der Waals surface area contributed by atoms with Crippen molar-refractivity contribution in [3.05, 3.63) is 24.2 Å². The number of hydrogen-bond acceptors (Lipinski definition) is 2. The molecule has 3 rings (SSSR count). The monoisotopic (exact) mass is 233 g/mol. The van der Waals surface area contributed by atoms with E-state index in [1.807, 2.05) is 0 Å². The summed E-state index contributed by atoms with van der Waals surface area (Å²) in [6.45, 7) is 2.13. The van der Waals surface area contributed by atoms with Gasteiger partial charge in [0, 0.05) is 6.04 Å². The topological polar surface area (TPSA) is 42.2 Å². The Bertz CT molecular complexity index is 398. The molecule has 0 unspecified atom stereocenters. The van der Waals surface area contributed by atoms with E-state index in [4.69, 9.17) is 4.42 Å². The molecule has 4 atom stereocenters. The molecule has 0 aromatic carbocycles. The maximum absolute atomic E-state index is 11.9. The summed E-state index contributed by atoms with van der Waals surface area (Å²) in [5, 5.41) is 3.08. The van der Waals surface area contributed by atoms with Crippen molar-refractivity contribution in [2.24, 2.45) is 17.8 Å². The van der Waals surface area contributed by atoms with E-state index in [1.165, 1.54) is 31.9 Å². The molecule has 1 amide bonds. The van der Waals surface area contributed by atoms with Gasteiger partial charge in [-0.05, 0) is 56.1 Å². The molecule has 1 aromatic heterocycles. The van der Waals surface area contributed by atoms with Crippen LogP contribution in [0.15, 0.2) is 22.8 Å². The van der Waals surface area contributed by atoms with Crippen LogP contribution in [0.4, 0.5) is 0 Å². The molecule has 2 aliphatic rings. The zero-order valence-electron chi connectivity index (χ0n) is 10.2. The van der Waals surface area contributed by atoms with Crippen molar-refractivity contribution in [1.82, 2.24) is 5.32 Å². The Morgan fingerprint density at radius 2 is 2.35 bits per heavy atom. The van der Waals surface area contributed by atoms with Crippen molar-refractivity contribution in [2.45, 2.75) is 38.6 Å². The van der Waals surface area contributed by atoms with E-state index in [0.717, 1.165) is 11.8 Å². The van der Waals surface area contributed by atoms with Crippen molar-refractivity contribution < 1.29 is 9.21 Å². The average molecular weight is 233 g/mol. The number of carbonyl (C=O) groups excluding carboxylic acids is 1. The lowest BCUT2D eigenvalue weighted by Crippen LogP contribution is -2.39. The van der Waals surface area contributed by atoms with Gasteiger partial charge < -0.3 is 9.73 Å². The Morgan fingerprint density at radius 1 is 1.47 bits per heavy atom. The normalized spacial score (nSPS) is 32.6. The predicted molar refractivity (Wildman–Crippen MR) is 64.6 cm³/mol. The fourth-order valence-electron chi connectivity index (χ4n) is 3.70. The molecule has 2 saturated carbocycles. The van der Waals surface area contributed by atoms with Crippen molar-refractivity contribution in [3.63, 3.8) is 0 Å². The van der Waals surface area contributed by atoms with Crippen LogP contribution < -0.4 is 5.32 Å². The number of fused-ring (bicyclic) bond motifs is 2. The highest BCUT2D eigenvalue weighted by Gasteiger charge is 2.42. The lowest BCUT2D eigenvalue weighted by molar-refractivity contribution is 0.0887. The molecule has 3 nitrogen and oxygen atoms in total. The molecule has 3 heteroatoms. The molecule has 92 valence electrons. The molecule has 0 saturated heterocycles. The first-order valence-electron chi connectivity index (χ1n) is 6.58. The molecule has 2 bridgehead atoms. The molecule has 17 heavy (non-hydrogen) atoms. The van der Waals surface area contributed by atoms with Gasteiger partial charge in [0.2, 0.25) is 0 Å². The van der Waals surface area contributed by atoms with Crippen LogP contribution in [-0.4, -0.2) is 11.9 Å². The molecule has 2 fully saturated rings. The van der Waals surface area contributed by atoms with Gasteiger partial charge in [-0.15, -0.1) is 0 Å². The molecular weight excluding hydrogens is 214 g/mol. The van der Waals surface area contributed by atoms with E-state index in [2.05, 4.69) is 12.2 Å². The number of furan rings is 1. The molecule has 0 radical (unpaired) electrons. The SMILES string of the molecule is C[C@@H](NC(=O)c1ccco1)[C@@H]1C[C@H]2CC[C@H]1C2. The third-order valence-corrected chi connectivity index (χ3v) is 4.54. The Morgan fingerprint density at radius 3 is 2.94 bits per heavy atom. The van der Waals surface area contributed by atoms with Crippen LogP contribution in [0.25, 0.3) is 0 Å². The predicted octanol–water partition coefficient (Wildman–Crippen LogP) is 2.83. The van der Waals surface area contributed by atoms with Crippen molar-refractivity contribution in [2.75, 3.05) is 0 Å². The van der Waals surface area contributed by atoms with E-state index in [-0.39, 0.29) is 11.9 Å². The highest BCUT2D eigenvalue weighted by molar-refractivity contribution is 5.91. The zero-order valence-corrected chi connectivity index (χ0v) is 10.2. The number of nitrogens with one attached hydrogen (secondary N) is 1. The Balaban J connectivity index is 1.60. The fraction of sp³-hybridized carbons (Fsp3) is 0.643. The summed E-state index contributed by atoms with van der Waals surface area (Å²) in [4.78, 5) is 11.9. The minimum Gasteiger partial charge on any atom is -0.459 e. The van der Waals surface area contributed by atoms with Gasteiger partial charge in [0.25, 0.3) is 5.91 Å². The van der Waals surface area contributed by atoms with E-state index in [1.54, 1.807) is 12.1 Å². The summed E-state index contributed by atoms with van der Waals surface area (Å²) in [5.74, 6) is 2.78. The lowest BCUT2D eigenvalue weighted by Gasteiger charge is -2.28. The second-order valence-electron chi connectivity index (χ2n) is 5.58. The van der Waals surface area contributed by atoms with Gasteiger partial charge in [-0.3, -0.25) is 4.79 Å². The summed E-state index contributed by atoms with van der Waals surface area (Å²) < 4.78 is 5.11. The molecule has 2 aliphatic carbocycles. The first-order chi connectivity index (χ1) is 8.24. The molecule has 1 N–H and O–H groups in total. The number of hydrogen-bond donors (Lipinski definition) is 1. The minimum absolute atomic E-state index is 0.0785. The van der Waals surface area contributed by atoms with Crippen LogP contribution in [0.1, 0.15) is 43.2 Å². The quantitative estimate of drug-likeness (QED) is 0.872. The van der Waals surface area contributed by atoms with Gasteiger partial charge in [0.15, 0.2) is 5.76 Å². The first kappa shape index (κ1) is 10.9. The Labute approximate surface area is 102 Å². The number of rotatable bonds is 3. The van der Waals surface area contributed by atoms with Gasteiger partial charge in [0.1, 0.15) is 0 Å². The standard InChI is InChI=1S/C14H19NO2/c1-9(12-8-10-4-5-11(12)7-10)15-14(16)13-3-2-6-17-13/h2-3,6,9-12H,4-5,7-8H2,1H3,(H,15,16)/t9-,10+,11+,12+/m1/s1. The summed E-state index contributed by atoms with van der Waals surface area (Å²) in [5.41, 5.74) is 0. The van der Waals surface area contributed by atoms with E-state index in [0.29, 0.717) is 11.7 Å². The first-order valence-corrected chi connectivity index (χ1v) is 6.58. The third-order valence-electron chi connectivity index (χ3n) is 4.54. The van der Waals surface area contributed by atoms with Crippen molar-refractivity contribution >= 4 is 5.91 Å². The van der Waals surface area contributed by atoms with Crippen LogP contribution in [-0.2, 0) is 0 Å². The molecule has 1 heterocycles. The second-order valence-corrected chi connectivity index (χ2v) is 5.58. The summed E-state index contributed by atoms with van der Waals surface area (Å²) in [7, 11) is 0. The summed E-state index contributed by atoms with van der Waals surface area (Å²) in [6.07, 6.45) is 6.98. The van der Waals surface area contributed by atoms with Gasteiger partial charge in [-0.1, -0.05) is 6.42 Å². The Kier molecular flexibility index (Phi) is 2.69. The van der Waals surface area contributed by atoms with Crippen LogP contribution >= 0.6 is 0 Å². The van der Waals surface area contributed by atoms with Crippen LogP contribution in [0.3, 0.4) is 0 Å². The van der Waals surface area contributed by atoms with Gasteiger partial charge in [0.05, 0.1) is 6.26 Å². The fourth-order valence-corrected chi connectivity index (χ4v) is 3.70. The highest BCUT2D eigenvalue weighted by Crippen LogP contribution is 2.49. The van der Waals surface area contributed by atoms with Crippen LogP contribution in [0, 0.1) is 17.8 Å². The molecule has 0 aliphatic heterocycles. The third kappa shape index (κ3) is 1.99. The maximum Gasteiger partial charge on any atom is 0.287 e. The van der Waals surface area contributed by atoms with Crippen molar-refractivity contribution in [1.29, 1.82) is 0 Å².